The highest BCUT2D eigenvalue weighted by Crippen LogP contribution is 2.19. The van der Waals surface area contributed by atoms with Crippen LogP contribution in [0.5, 0.6) is 0 Å². The molecule has 0 saturated heterocycles. The lowest BCUT2D eigenvalue weighted by molar-refractivity contribution is -0.147. The van der Waals surface area contributed by atoms with Gasteiger partial charge in [0.25, 0.3) is 0 Å². The molecule has 0 aromatic carbocycles. The van der Waals surface area contributed by atoms with Gasteiger partial charge < -0.3 is 23.8 Å². The van der Waals surface area contributed by atoms with Gasteiger partial charge in [-0.25, -0.2) is 4.79 Å². The molecule has 0 fully saturated rings. The number of hydrogen-bond donors (Lipinski definition) is 0. The average molecular weight is 722 g/mol. The lowest BCUT2D eigenvalue weighted by Gasteiger charge is -2.18. The summed E-state index contributed by atoms with van der Waals surface area (Å²) < 4.78 is 22.1. The van der Waals surface area contributed by atoms with E-state index in [-0.39, 0.29) is 30.3 Å². The van der Waals surface area contributed by atoms with E-state index < -0.39 is 6.16 Å². The number of unbranched alkanes of at least 4 members (excludes halogenated alkanes) is 14. The second-order valence-corrected chi connectivity index (χ2v) is 14.6. The first kappa shape index (κ1) is 48.6. The summed E-state index contributed by atoms with van der Waals surface area (Å²) in [6, 6.07) is 0. The second kappa shape index (κ2) is 36.0. The highest BCUT2D eigenvalue weighted by molar-refractivity contribution is 5.66. The quantitative estimate of drug-likeness (QED) is 0.0276. The molecule has 3 atom stereocenters. The van der Waals surface area contributed by atoms with Crippen LogP contribution < -0.4 is 0 Å². The smallest absolute Gasteiger partial charge is 0.462 e. The number of hydrogen-bond acceptors (Lipinski definition) is 8. The molecule has 0 saturated carbocycles. The summed E-state index contributed by atoms with van der Waals surface area (Å²) in [6.45, 7) is 8.62. The fourth-order valence-corrected chi connectivity index (χ4v) is 6.18. The molecule has 8 heteroatoms. The minimum absolute atomic E-state index is 0.00145. The van der Waals surface area contributed by atoms with Gasteiger partial charge in [0.15, 0.2) is 0 Å². The van der Waals surface area contributed by atoms with Crippen molar-refractivity contribution in [2.45, 2.75) is 207 Å². The summed E-state index contributed by atoms with van der Waals surface area (Å²) in [5.41, 5.74) is 0. The number of carbonyl (C=O) groups is 3. The van der Waals surface area contributed by atoms with Gasteiger partial charge >= 0.3 is 18.1 Å². The largest absolute Gasteiger partial charge is 0.508 e. The van der Waals surface area contributed by atoms with Gasteiger partial charge in [-0.3, -0.25) is 9.59 Å². The molecule has 0 radical (unpaired) electrons. The van der Waals surface area contributed by atoms with Crippen LogP contribution in [-0.4, -0.2) is 68.6 Å². The van der Waals surface area contributed by atoms with Crippen LogP contribution in [0.1, 0.15) is 188 Å². The zero-order valence-corrected chi connectivity index (χ0v) is 33.9. The topological polar surface area (TPSA) is 91.4 Å². The Morgan fingerprint density at radius 2 is 0.941 bits per heavy atom. The predicted octanol–water partition coefficient (Wildman–Crippen LogP) is 11.8. The lowest BCUT2D eigenvalue weighted by Crippen LogP contribution is -2.21. The maximum Gasteiger partial charge on any atom is 0.508 e. The molecule has 1 unspecified atom stereocenters. The molecule has 0 rings (SSSR count). The monoisotopic (exact) mass is 722 g/mol. The summed E-state index contributed by atoms with van der Waals surface area (Å²) in [5.74, 6) is -0.378. The molecule has 0 aromatic rings. The molecule has 0 N–H and O–H groups in total. The van der Waals surface area contributed by atoms with E-state index in [1.165, 1.54) is 58.8 Å². The van der Waals surface area contributed by atoms with Crippen LogP contribution in [0.4, 0.5) is 4.79 Å². The summed E-state index contributed by atoms with van der Waals surface area (Å²) in [5, 5.41) is 0. The van der Waals surface area contributed by atoms with Crippen molar-refractivity contribution in [2.24, 2.45) is 0 Å². The van der Waals surface area contributed by atoms with Crippen molar-refractivity contribution < 1.29 is 33.3 Å². The molecule has 0 spiro atoms. The molecule has 0 aliphatic heterocycles. The van der Waals surface area contributed by atoms with Crippen LogP contribution in [-0.2, 0) is 28.5 Å². The van der Waals surface area contributed by atoms with Gasteiger partial charge in [0.2, 0.25) is 0 Å². The average Bonchev–Trinajstić information content (AvgIpc) is 3.08. The SMILES string of the molecule is CCCCCC[C@H](C/C=C\CCCCCCCC(CCCCCCC/C=C\C[C@@H](CCCC)OC(C)=O)OC(=O)OCCCN(C)C)OC(C)=O. The molecule has 0 aromatic heterocycles. The third-order valence-electron chi connectivity index (χ3n) is 9.08. The van der Waals surface area contributed by atoms with Gasteiger partial charge in [-0.05, 0) is 91.1 Å². The number of rotatable bonds is 35. The molecule has 0 heterocycles. The zero-order valence-electron chi connectivity index (χ0n) is 33.9. The zero-order chi connectivity index (χ0) is 37.8. The van der Waals surface area contributed by atoms with E-state index in [0.717, 1.165) is 122 Å². The molecule has 0 amide bonds. The normalized spacial score (nSPS) is 13.5. The first-order chi connectivity index (χ1) is 24.7. The Kier molecular flexibility index (Phi) is 34.4. The van der Waals surface area contributed by atoms with Gasteiger partial charge in [0, 0.05) is 33.2 Å². The fourth-order valence-electron chi connectivity index (χ4n) is 6.18. The van der Waals surface area contributed by atoms with E-state index in [2.05, 4.69) is 43.1 Å². The van der Waals surface area contributed by atoms with Crippen LogP contribution in [0.15, 0.2) is 24.3 Å². The minimum atomic E-state index is -0.528. The van der Waals surface area contributed by atoms with Crippen LogP contribution in [0, 0.1) is 0 Å². The van der Waals surface area contributed by atoms with Gasteiger partial charge in [-0.2, -0.15) is 0 Å². The molecule has 298 valence electrons. The standard InChI is InChI=1S/C43H79NO7/c1-7-9-11-24-31-41(50-39(4)46)33-26-21-17-13-15-19-23-28-35-42(51-43(47)48-37-29-36-44(5)6)34-27-22-18-14-12-16-20-25-32-40(30-10-8-2)49-38(3)45/h20-21,25-26,40-42H,7-19,22-24,27-37H2,1-6H3/b25-20-,26-21-/t40-,41-,42?/m1/s1. The Labute approximate surface area is 313 Å². The molecular formula is C43H79NO7. The van der Waals surface area contributed by atoms with E-state index in [1.54, 1.807) is 0 Å². The number of ether oxygens (including phenoxy) is 4. The number of esters is 2. The Balaban J connectivity index is 4.38. The number of carbonyl (C=O) groups excluding carboxylic acids is 3. The van der Waals surface area contributed by atoms with Crippen molar-refractivity contribution in [2.75, 3.05) is 27.2 Å². The first-order valence-electron chi connectivity index (χ1n) is 20.8. The van der Waals surface area contributed by atoms with Crippen LogP contribution >= 0.6 is 0 Å². The highest BCUT2D eigenvalue weighted by atomic mass is 16.7. The van der Waals surface area contributed by atoms with Gasteiger partial charge in [0.1, 0.15) is 18.3 Å². The predicted molar refractivity (Wildman–Crippen MR) is 211 cm³/mol. The maximum atomic E-state index is 12.4. The third kappa shape index (κ3) is 35.8. The van der Waals surface area contributed by atoms with Crippen molar-refractivity contribution in [3.05, 3.63) is 24.3 Å². The van der Waals surface area contributed by atoms with E-state index in [0.29, 0.717) is 6.61 Å². The third-order valence-corrected chi connectivity index (χ3v) is 9.08. The van der Waals surface area contributed by atoms with Gasteiger partial charge in [-0.1, -0.05) is 109 Å². The minimum Gasteiger partial charge on any atom is -0.462 e. The first-order valence-corrected chi connectivity index (χ1v) is 20.8. The molecular weight excluding hydrogens is 642 g/mol. The van der Waals surface area contributed by atoms with E-state index >= 15 is 0 Å². The summed E-state index contributed by atoms with van der Waals surface area (Å²) in [4.78, 5) is 37.3. The van der Waals surface area contributed by atoms with Crippen LogP contribution in [0.2, 0.25) is 0 Å². The van der Waals surface area contributed by atoms with E-state index in [9.17, 15) is 14.4 Å². The Hall–Kier alpha value is -2.35. The van der Waals surface area contributed by atoms with E-state index in [1.807, 2.05) is 14.1 Å². The number of nitrogens with zero attached hydrogens (tertiary/aromatic N) is 1. The van der Waals surface area contributed by atoms with Crippen LogP contribution in [0.25, 0.3) is 0 Å². The van der Waals surface area contributed by atoms with Crippen molar-refractivity contribution in [3.63, 3.8) is 0 Å². The van der Waals surface area contributed by atoms with Gasteiger partial charge in [-0.15, -0.1) is 0 Å². The van der Waals surface area contributed by atoms with Crippen molar-refractivity contribution in [1.29, 1.82) is 0 Å². The Morgan fingerprint density at radius 1 is 0.510 bits per heavy atom. The highest BCUT2D eigenvalue weighted by Gasteiger charge is 2.16. The second-order valence-electron chi connectivity index (χ2n) is 14.6. The van der Waals surface area contributed by atoms with Crippen LogP contribution in [0.3, 0.4) is 0 Å². The van der Waals surface area contributed by atoms with E-state index in [4.69, 9.17) is 18.9 Å². The van der Waals surface area contributed by atoms with Crippen molar-refractivity contribution in [3.8, 4) is 0 Å². The fraction of sp³-hybridized carbons (Fsp3) is 0.837. The Bertz CT molecular complexity index is 888. The molecule has 51 heavy (non-hydrogen) atoms. The molecule has 0 bridgehead atoms. The van der Waals surface area contributed by atoms with Gasteiger partial charge in [0.05, 0.1) is 6.61 Å². The van der Waals surface area contributed by atoms with Crippen molar-refractivity contribution in [1.82, 2.24) is 4.90 Å². The molecule has 0 aliphatic carbocycles. The summed E-state index contributed by atoms with van der Waals surface area (Å²) >= 11 is 0. The number of allylic oxidation sites excluding steroid dienone is 2. The summed E-state index contributed by atoms with van der Waals surface area (Å²) in [6.07, 6.45) is 34.8. The van der Waals surface area contributed by atoms with Crippen molar-refractivity contribution >= 4 is 18.1 Å². The summed E-state index contributed by atoms with van der Waals surface area (Å²) in [7, 11) is 4.03. The molecule has 0 aliphatic rings. The Morgan fingerprint density at radius 3 is 1.41 bits per heavy atom. The molecule has 8 nitrogen and oxygen atoms in total. The maximum absolute atomic E-state index is 12.4. The lowest BCUT2D eigenvalue weighted by atomic mass is 10.0.